The normalized spacial score (nSPS) is 17.0. The number of hydrogen-bond donors (Lipinski definition) is 0. The van der Waals surface area contributed by atoms with Crippen LogP contribution in [0.2, 0.25) is 0 Å². The Kier molecular flexibility index (Phi) is 3.68. The van der Waals surface area contributed by atoms with Crippen molar-refractivity contribution in [2.45, 2.75) is 39.0 Å². The number of carbonyl (C=O) groups is 2. The molecule has 1 aliphatic rings. The molecule has 1 aliphatic carbocycles. The highest BCUT2D eigenvalue weighted by atomic mass is 16.6. The highest BCUT2D eigenvalue weighted by molar-refractivity contribution is 5.78. The Morgan fingerprint density at radius 3 is 2.77 bits per heavy atom. The first-order valence-corrected chi connectivity index (χ1v) is 4.54. The van der Waals surface area contributed by atoms with Crippen molar-refractivity contribution < 1.29 is 14.3 Å². The van der Waals surface area contributed by atoms with Gasteiger partial charge in [-0.15, -0.1) is 0 Å². The quantitative estimate of drug-likeness (QED) is 0.290. The Hall–Kier alpha value is -1.12. The first kappa shape index (κ1) is 9.96. The van der Waals surface area contributed by atoms with Crippen LogP contribution in [0.3, 0.4) is 0 Å². The highest BCUT2D eigenvalue weighted by Gasteiger charge is 2.13. The van der Waals surface area contributed by atoms with Crippen molar-refractivity contribution in [1.29, 1.82) is 0 Å². The van der Waals surface area contributed by atoms with E-state index in [1.807, 2.05) is 6.92 Å². The summed E-state index contributed by atoms with van der Waals surface area (Å²) in [6, 6.07) is 0. The summed E-state index contributed by atoms with van der Waals surface area (Å²) in [4.78, 5) is 20.8. The molecule has 0 unspecified atom stereocenters. The number of esters is 1. The highest BCUT2D eigenvalue weighted by Crippen LogP contribution is 2.26. The predicted molar refractivity (Wildman–Crippen MR) is 47.9 cm³/mol. The average molecular weight is 182 g/mol. The summed E-state index contributed by atoms with van der Waals surface area (Å²) < 4.78 is 4.24. The van der Waals surface area contributed by atoms with Gasteiger partial charge in [-0.25, -0.2) is 0 Å². The minimum atomic E-state index is -0.439. The molecule has 0 atom stereocenters. The Morgan fingerprint density at radius 2 is 2.15 bits per heavy atom. The van der Waals surface area contributed by atoms with Crippen LogP contribution in [0.25, 0.3) is 0 Å². The van der Waals surface area contributed by atoms with Crippen LogP contribution in [0.5, 0.6) is 0 Å². The summed E-state index contributed by atoms with van der Waals surface area (Å²) >= 11 is 0. The molecule has 0 aromatic rings. The second-order valence-corrected chi connectivity index (χ2v) is 3.35. The number of carbonyl (C=O) groups excluding carboxylic acids is 2. The summed E-state index contributed by atoms with van der Waals surface area (Å²) in [6.45, 7) is 2.24. The van der Waals surface area contributed by atoms with Crippen LogP contribution in [0.1, 0.15) is 39.0 Å². The van der Waals surface area contributed by atoms with Gasteiger partial charge in [0.25, 0.3) is 0 Å². The second-order valence-electron chi connectivity index (χ2n) is 3.35. The number of rotatable bonds is 3. The van der Waals surface area contributed by atoms with Crippen molar-refractivity contribution in [2.24, 2.45) is 0 Å². The minimum absolute atomic E-state index is 0.195. The largest absolute Gasteiger partial charge is 0.395 e. The van der Waals surface area contributed by atoms with Gasteiger partial charge in [-0.1, -0.05) is 11.1 Å². The SMILES string of the molecule is CC1=C(CC(=O)OC=O)CCCC1. The van der Waals surface area contributed by atoms with Crippen LogP contribution in [0.15, 0.2) is 11.1 Å². The molecular formula is C10H14O3. The first-order chi connectivity index (χ1) is 6.24. The lowest BCUT2D eigenvalue weighted by molar-refractivity contribution is -0.150. The molecule has 0 amide bonds. The molecule has 0 aliphatic heterocycles. The molecule has 0 heterocycles. The topological polar surface area (TPSA) is 43.4 Å². The summed E-state index contributed by atoms with van der Waals surface area (Å²) in [5.74, 6) is -0.439. The fourth-order valence-electron chi connectivity index (χ4n) is 1.63. The summed E-state index contributed by atoms with van der Waals surface area (Å²) in [5, 5.41) is 0. The Morgan fingerprint density at radius 1 is 1.46 bits per heavy atom. The smallest absolute Gasteiger partial charge is 0.317 e. The van der Waals surface area contributed by atoms with E-state index in [9.17, 15) is 9.59 Å². The van der Waals surface area contributed by atoms with Gasteiger partial charge in [-0.2, -0.15) is 0 Å². The van der Waals surface area contributed by atoms with Crippen LogP contribution in [0.4, 0.5) is 0 Å². The standard InChI is InChI=1S/C10H14O3/c1-8-4-2-3-5-9(8)6-10(12)13-7-11/h7H,2-6H2,1H3. The van der Waals surface area contributed by atoms with Crippen molar-refractivity contribution in [2.75, 3.05) is 0 Å². The van der Waals surface area contributed by atoms with Gasteiger partial charge in [0, 0.05) is 0 Å². The summed E-state index contributed by atoms with van der Waals surface area (Å²) in [5.41, 5.74) is 2.44. The van der Waals surface area contributed by atoms with Gasteiger partial charge in [-0.3, -0.25) is 9.59 Å². The average Bonchev–Trinajstić information content (AvgIpc) is 2.09. The van der Waals surface area contributed by atoms with Crippen molar-refractivity contribution in [3.05, 3.63) is 11.1 Å². The van der Waals surface area contributed by atoms with Gasteiger partial charge in [0.1, 0.15) is 0 Å². The summed E-state index contributed by atoms with van der Waals surface area (Å²) in [7, 11) is 0. The molecule has 0 bridgehead atoms. The molecular weight excluding hydrogens is 168 g/mol. The Bertz CT molecular complexity index is 241. The van der Waals surface area contributed by atoms with Crippen molar-refractivity contribution in [3.8, 4) is 0 Å². The maximum Gasteiger partial charge on any atom is 0.317 e. The van der Waals surface area contributed by atoms with Crippen molar-refractivity contribution in [3.63, 3.8) is 0 Å². The van der Waals surface area contributed by atoms with E-state index < -0.39 is 5.97 Å². The van der Waals surface area contributed by atoms with Crippen molar-refractivity contribution >= 4 is 12.4 Å². The van der Waals surface area contributed by atoms with Crippen molar-refractivity contribution in [1.82, 2.24) is 0 Å². The molecule has 72 valence electrons. The Labute approximate surface area is 77.8 Å². The van der Waals surface area contributed by atoms with E-state index in [0.717, 1.165) is 24.8 Å². The summed E-state index contributed by atoms with van der Waals surface area (Å²) in [6.07, 6.45) is 4.67. The predicted octanol–water partition coefficient (Wildman–Crippen LogP) is 1.97. The third-order valence-electron chi connectivity index (χ3n) is 2.42. The molecule has 0 N–H and O–H groups in total. The van der Waals surface area contributed by atoms with E-state index in [4.69, 9.17) is 0 Å². The number of allylic oxidation sites excluding steroid dienone is 1. The van der Waals surface area contributed by atoms with Gasteiger partial charge in [0.15, 0.2) is 0 Å². The van der Waals surface area contributed by atoms with E-state index in [2.05, 4.69) is 4.74 Å². The minimum Gasteiger partial charge on any atom is -0.395 e. The zero-order valence-corrected chi connectivity index (χ0v) is 7.84. The van der Waals surface area contributed by atoms with Gasteiger partial charge >= 0.3 is 12.4 Å². The van der Waals surface area contributed by atoms with E-state index in [-0.39, 0.29) is 12.9 Å². The van der Waals surface area contributed by atoms with Crippen LogP contribution in [-0.4, -0.2) is 12.4 Å². The number of hydrogen-bond acceptors (Lipinski definition) is 3. The van der Waals surface area contributed by atoms with Crippen LogP contribution in [0, 0.1) is 0 Å². The van der Waals surface area contributed by atoms with Crippen LogP contribution in [-0.2, 0) is 14.3 Å². The lowest BCUT2D eigenvalue weighted by Crippen LogP contribution is -2.07. The van der Waals surface area contributed by atoms with Crippen LogP contribution < -0.4 is 0 Å². The zero-order chi connectivity index (χ0) is 9.68. The molecule has 0 aromatic carbocycles. The van der Waals surface area contributed by atoms with E-state index in [1.165, 1.54) is 12.0 Å². The third-order valence-corrected chi connectivity index (χ3v) is 2.42. The molecule has 0 aromatic heterocycles. The molecule has 1 rings (SSSR count). The first-order valence-electron chi connectivity index (χ1n) is 4.54. The lowest BCUT2D eigenvalue weighted by Gasteiger charge is -2.16. The lowest BCUT2D eigenvalue weighted by atomic mass is 9.91. The monoisotopic (exact) mass is 182 g/mol. The molecule has 0 fully saturated rings. The van der Waals surface area contributed by atoms with Crippen LogP contribution >= 0.6 is 0 Å². The molecule has 0 radical (unpaired) electrons. The molecule has 0 saturated heterocycles. The Balaban J connectivity index is 2.51. The van der Waals surface area contributed by atoms with Gasteiger partial charge in [-0.05, 0) is 32.6 Å². The third kappa shape index (κ3) is 3.01. The molecule has 0 saturated carbocycles. The van der Waals surface area contributed by atoms with Gasteiger partial charge in [0.05, 0.1) is 6.42 Å². The molecule has 13 heavy (non-hydrogen) atoms. The van der Waals surface area contributed by atoms with Gasteiger partial charge < -0.3 is 4.74 Å². The maximum atomic E-state index is 11.0. The fourth-order valence-corrected chi connectivity index (χ4v) is 1.63. The number of ether oxygens (including phenoxy) is 1. The van der Waals surface area contributed by atoms with E-state index in [0.29, 0.717) is 0 Å². The zero-order valence-electron chi connectivity index (χ0n) is 7.84. The van der Waals surface area contributed by atoms with E-state index >= 15 is 0 Å². The second kappa shape index (κ2) is 4.80. The maximum absolute atomic E-state index is 11.0. The van der Waals surface area contributed by atoms with Gasteiger partial charge in [0.2, 0.25) is 0 Å². The molecule has 3 nitrogen and oxygen atoms in total. The van der Waals surface area contributed by atoms with E-state index in [1.54, 1.807) is 0 Å². The molecule has 0 spiro atoms. The molecule has 3 heteroatoms. The fraction of sp³-hybridized carbons (Fsp3) is 0.600.